The number of nitrogens with one attached hydrogen (secondary N) is 1. The molecule has 0 amide bonds. The third-order valence-electron chi connectivity index (χ3n) is 2.20. The maximum absolute atomic E-state index is 5.15. The molecule has 0 aliphatic rings. The number of ether oxygens (including phenoxy) is 1. The lowest BCUT2D eigenvalue weighted by atomic mass is 10.1. The smallest absolute Gasteiger partial charge is 0.0639 e. The first kappa shape index (κ1) is 11.7. The first-order chi connectivity index (χ1) is 6.55. The Morgan fingerprint density at radius 1 is 1.50 bits per heavy atom. The second-order valence-corrected chi connectivity index (χ2v) is 5.20. The molecule has 3 heteroatoms. The molecular formula is C11H19NOS. The molecule has 1 rings (SSSR count). The van der Waals surface area contributed by atoms with Gasteiger partial charge in [-0.15, -0.1) is 11.3 Å². The fraction of sp³-hybridized carbons (Fsp3) is 0.636. The van der Waals surface area contributed by atoms with Crippen molar-refractivity contribution in [1.82, 2.24) is 5.32 Å². The molecule has 0 spiro atoms. The Bertz CT molecular complexity index is 281. The summed E-state index contributed by atoms with van der Waals surface area (Å²) in [6, 6.07) is 2.16. The zero-order valence-electron chi connectivity index (χ0n) is 9.39. The van der Waals surface area contributed by atoms with Crippen LogP contribution in [-0.2, 0) is 11.3 Å². The van der Waals surface area contributed by atoms with Crippen LogP contribution < -0.4 is 5.32 Å². The van der Waals surface area contributed by atoms with Crippen molar-refractivity contribution in [2.75, 3.05) is 13.7 Å². The van der Waals surface area contributed by atoms with Crippen LogP contribution in [0.2, 0.25) is 0 Å². The first-order valence-corrected chi connectivity index (χ1v) is 5.70. The van der Waals surface area contributed by atoms with Gasteiger partial charge in [-0.1, -0.05) is 0 Å². The van der Waals surface area contributed by atoms with E-state index < -0.39 is 0 Å². The summed E-state index contributed by atoms with van der Waals surface area (Å²) in [6.07, 6.45) is 0. The van der Waals surface area contributed by atoms with Gasteiger partial charge >= 0.3 is 0 Å². The van der Waals surface area contributed by atoms with E-state index in [0.29, 0.717) is 0 Å². The SMILES string of the molecule is COCC(C)(C)NCc1sccc1C. The van der Waals surface area contributed by atoms with Gasteiger partial charge < -0.3 is 10.1 Å². The van der Waals surface area contributed by atoms with Crippen molar-refractivity contribution in [1.29, 1.82) is 0 Å². The zero-order chi connectivity index (χ0) is 10.6. The van der Waals surface area contributed by atoms with Crippen LogP contribution in [0.15, 0.2) is 11.4 Å². The molecule has 80 valence electrons. The van der Waals surface area contributed by atoms with Crippen molar-refractivity contribution in [2.24, 2.45) is 0 Å². The van der Waals surface area contributed by atoms with Crippen molar-refractivity contribution in [3.63, 3.8) is 0 Å². The average molecular weight is 213 g/mol. The number of hydrogen-bond donors (Lipinski definition) is 1. The molecule has 0 radical (unpaired) electrons. The minimum Gasteiger partial charge on any atom is -0.383 e. The standard InChI is InChI=1S/C11H19NOS/c1-9-5-6-14-10(9)7-12-11(2,3)8-13-4/h5-6,12H,7-8H2,1-4H3. The van der Waals surface area contributed by atoms with E-state index >= 15 is 0 Å². The van der Waals surface area contributed by atoms with Crippen molar-refractivity contribution in [3.05, 3.63) is 21.9 Å². The van der Waals surface area contributed by atoms with Crippen LogP contribution >= 0.6 is 11.3 Å². The van der Waals surface area contributed by atoms with E-state index in [4.69, 9.17) is 4.74 Å². The van der Waals surface area contributed by atoms with Crippen molar-refractivity contribution >= 4 is 11.3 Å². The van der Waals surface area contributed by atoms with Crippen LogP contribution in [0.1, 0.15) is 24.3 Å². The molecule has 0 unspecified atom stereocenters. The van der Waals surface area contributed by atoms with Crippen LogP contribution in [0.5, 0.6) is 0 Å². The average Bonchev–Trinajstić information content (AvgIpc) is 2.48. The fourth-order valence-electron chi connectivity index (χ4n) is 1.32. The van der Waals surface area contributed by atoms with E-state index in [-0.39, 0.29) is 5.54 Å². The predicted molar refractivity (Wildman–Crippen MR) is 61.9 cm³/mol. The Kier molecular flexibility index (Phi) is 4.11. The second kappa shape index (κ2) is 4.91. The molecule has 0 bridgehead atoms. The van der Waals surface area contributed by atoms with Gasteiger partial charge in [0.25, 0.3) is 0 Å². The van der Waals surface area contributed by atoms with Crippen molar-refractivity contribution < 1.29 is 4.74 Å². The lowest BCUT2D eigenvalue weighted by Crippen LogP contribution is -2.42. The van der Waals surface area contributed by atoms with E-state index in [2.05, 4.69) is 37.5 Å². The van der Waals surface area contributed by atoms with Gasteiger partial charge in [0, 0.05) is 24.1 Å². The fourth-order valence-corrected chi connectivity index (χ4v) is 2.16. The van der Waals surface area contributed by atoms with Crippen molar-refractivity contribution in [3.8, 4) is 0 Å². The summed E-state index contributed by atoms with van der Waals surface area (Å²) in [5, 5.41) is 5.62. The minimum atomic E-state index is 0.0468. The van der Waals surface area contributed by atoms with Gasteiger partial charge in [0.05, 0.1) is 6.61 Å². The monoisotopic (exact) mass is 213 g/mol. The molecule has 1 heterocycles. The van der Waals surface area contributed by atoms with Crippen LogP contribution in [0, 0.1) is 6.92 Å². The quantitative estimate of drug-likeness (QED) is 0.811. The molecule has 1 aromatic heterocycles. The first-order valence-electron chi connectivity index (χ1n) is 4.82. The van der Waals surface area contributed by atoms with E-state index in [1.54, 1.807) is 18.4 Å². The Morgan fingerprint density at radius 2 is 2.21 bits per heavy atom. The maximum atomic E-state index is 5.15. The molecule has 14 heavy (non-hydrogen) atoms. The van der Waals surface area contributed by atoms with Gasteiger partial charge in [0.2, 0.25) is 0 Å². The second-order valence-electron chi connectivity index (χ2n) is 4.20. The Morgan fingerprint density at radius 3 is 2.71 bits per heavy atom. The van der Waals surface area contributed by atoms with E-state index in [1.165, 1.54) is 10.4 Å². The Hall–Kier alpha value is -0.380. The number of rotatable bonds is 5. The highest BCUT2D eigenvalue weighted by Gasteiger charge is 2.16. The summed E-state index contributed by atoms with van der Waals surface area (Å²) in [5.41, 5.74) is 1.42. The lowest BCUT2D eigenvalue weighted by molar-refractivity contribution is 0.128. The third kappa shape index (κ3) is 3.40. The molecule has 0 aromatic carbocycles. The summed E-state index contributed by atoms with van der Waals surface area (Å²) >= 11 is 1.81. The highest BCUT2D eigenvalue weighted by Crippen LogP contribution is 2.16. The molecular weight excluding hydrogens is 194 g/mol. The highest BCUT2D eigenvalue weighted by atomic mass is 32.1. The molecule has 0 aliphatic carbocycles. The minimum absolute atomic E-state index is 0.0468. The molecule has 0 fully saturated rings. The summed E-state index contributed by atoms with van der Waals surface area (Å²) in [5.74, 6) is 0. The Labute approximate surface area is 90.3 Å². The normalized spacial score (nSPS) is 12.0. The van der Waals surface area contributed by atoms with Gasteiger partial charge in [-0.25, -0.2) is 0 Å². The number of aryl methyl sites for hydroxylation is 1. The maximum Gasteiger partial charge on any atom is 0.0639 e. The number of hydrogen-bond acceptors (Lipinski definition) is 3. The lowest BCUT2D eigenvalue weighted by Gasteiger charge is -2.25. The van der Waals surface area contributed by atoms with E-state index in [9.17, 15) is 0 Å². The van der Waals surface area contributed by atoms with Gasteiger partial charge in [0.15, 0.2) is 0 Å². The molecule has 0 atom stereocenters. The van der Waals surface area contributed by atoms with Crippen LogP contribution in [0.3, 0.4) is 0 Å². The highest BCUT2D eigenvalue weighted by molar-refractivity contribution is 7.10. The summed E-state index contributed by atoms with van der Waals surface area (Å²) < 4.78 is 5.15. The summed E-state index contributed by atoms with van der Waals surface area (Å²) in [7, 11) is 1.74. The predicted octanol–water partition coefficient (Wildman–Crippen LogP) is 2.57. The van der Waals surface area contributed by atoms with Gasteiger partial charge in [-0.2, -0.15) is 0 Å². The van der Waals surface area contributed by atoms with Crippen molar-refractivity contribution in [2.45, 2.75) is 32.9 Å². The molecule has 1 N–H and O–H groups in total. The topological polar surface area (TPSA) is 21.3 Å². The molecule has 1 aromatic rings. The summed E-state index contributed by atoms with van der Waals surface area (Å²) in [6.45, 7) is 8.12. The third-order valence-corrected chi connectivity index (χ3v) is 3.22. The zero-order valence-corrected chi connectivity index (χ0v) is 10.2. The largest absolute Gasteiger partial charge is 0.383 e. The van der Waals surface area contributed by atoms with Gasteiger partial charge in [0.1, 0.15) is 0 Å². The number of thiophene rings is 1. The Balaban J connectivity index is 2.44. The molecule has 0 aliphatic heterocycles. The molecule has 0 saturated carbocycles. The van der Waals surface area contributed by atoms with Gasteiger partial charge in [-0.05, 0) is 37.8 Å². The molecule has 0 saturated heterocycles. The van der Waals surface area contributed by atoms with Crippen LogP contribution in [0.25, 0.3) is 0 Å². The number of methoxy groups -OCH3 is 1. The van der Waals surface area contributed by atoms with Crippen LogP contribution in [-0.4, -0.2) is 19.3 Å². The van der Waals surface area contributed by atoms with Gasteiger partial charge in [-0.3, -0.25) is 0 Å². The van der Waals surface area contributed by atoms with Crippen LogP contribution in [0.4, 0.5) is 0 Å². The molecule has 2 nitrogen and oxygen atoms in total. The van der Waals surface area contributed by atoms with E-state index in [1.807, 2.05) is 0 Å². The summed E-state index contributed by atoms with van der Waals surface area (Å²) in [4.78, 5) is 1.41. The van der Waals surface area contributed by atoms with E-state index in [0.717, 1.165) is 13.2 Å².